The first-order valence-corrected chi connectivity index (χ1v) is 9.60. The van der Waals surface area contributed by atoms with Crippen molar-refractivity contribution in [3.05, 3.63) is 0 Å². The molecule has 0 spiro atoms. The molecule has 4 N–H and O–H groups in total. The van der Waals surface area contributed by atoms with Crippen LogP contribution >= 0.6 is 0 Å². The van der Waals surface area contributed by atoms with E-state index in [1.807, 2.05) is 37.5 Å². The molecule has 1 aliphatic heterocycles. The highest BCUT2D eigenvalue weighted by molar-refractivity contribution is 5.70. The van der Waals surface area contributed by atoms with E-state index in [0.717, 1.165) is 0 Å². The van der Waals surface area contributed by atoms with Crippen LogP contribution in [0.3, 0.4) is 0 Å². The number of hydrogen-bond acceptors (Lipinski definition) is 7. The number of rotatable bonds is 6. The monoisotopic (exact) mass is 402 g/mol. The van der Waals surface area contributed by atoms with Gasteiger partial charge in [0.1, 0.15) is 0 Å². The van der Waals surface area contributed by atoms with Gasteiger partial charge in [-0.25, -0.2) is 0 Å². The molecule has 162 valence electrons. The molecule has 28 heavy (non-hydrogen) atoms. The minimum Gasteiger partial charge on any atom is -0.480 e. The molecule has 1 fully saturated rings. The van der Waals surface area contributed by atoms with Gasteiger partial charge in [-0.3, -0.25) is 29.1 Å². The zero-order valence-electron chi connectivity index (χ0n) is 17.2. The Balaban J connectivity index is 3.11. The molecule has 0 radical (unpaired) electrons. The number of carboxylic acids is 3. The highest BCUT2D eigenvalue weighted by Crippen LogP contribution is 2.12. The van der Waals surface area contributed by atoms with Gasteiger partial charge in [0.05, 0.1) is 19.6 Å². The maximum absolute atomic E-state index is 11.4. The Labute approximate surface area is 166 Å². The Morgan fingerprint density at radius 1 is 0.714 bits per heavy atom. The van der Waals surface area contributed by atoms with E-state index in [1.165, 1.54) is 0 Å². The zero-order chi connectivity index (χ0) is 21.4. The molecule has 0 saturated carbocycles. The number of carbonyl (C=O) groups is 3. The van der Waals surface area contributed by atoms with Crippen molar-refractivity contribution < 1.29 is 29.7 Å². The third kappa shape index (κ3) is 8.51. The molecule has 1 aliphatic rings. The van der Waals surface area contributed by atoms with Crippen LogP contribution in [-0.2, 0) is 14.4 Å². The van der Waals surface area contributed by atoms with E-state index in [2.05, 4.69) is 5.32 Å². The van der Waals surface area contributed by atoms with Crippen LogP contribution in [0.15, 0.2) is 0 Å². The summed E-state index contributed by atoms with van der Waals surface area (Å²) in [5.41, 5.74) is 0. The number of nitrogens with zero attached hydrogens (tertiary/aromatic N) is 3. The Hall–Kier alpha value is -1.75. The second-order valence-corrected chi connectivity index (χ2v) is 7.83. The first-order valence-electron chi connectivity index (χ1n) is 9.60. The minimum absolute atomic E-state index is 0.000650. The van der Waals surface area contributed by atoms with Crippen molar-refractivity contribution in [1.29, 1.82) is 0 Å². The molecule has 0 unspecified atom stereocenters. The lowest BCUT2D eigenvalue weighted by Crippen LogP contribution is -2.57. The van der Waals surface area contributed by atoms with Crippen LogP contribution in [0.5, 0.6) is 0 Å². The van der Waals surface area contributed by atoms with Gasteiger partial charge >= 0.3 is 17.9 Å². The molecule has 0 bridgehead atoms. The van der Waals surface area contributed by atoms with Gasteiger partial charge in [0.2, 0.25) is 0 Å². The average Bonchev–Trinajstić information content (AvgIpc) is 2.55. The molecule has 0 amide bonds. The molecule has 4 atom stereocenters. The highest BCUT2D eigenvalue weighted by Gasteiger charge is 2.29. The number of nitrogens with one attached hydrogen (secondary N) is 1. The normalized spacial score (nSPS) is 29.6. The van der Waals surface area contributed by atoms with E-state index < -0.39 is 17.9 Å². The predicted octanol–water partition coefficient (Wildman–Crippen LogP) is -0.697. The van der Waals surface area contributed by atoms with Crippen molar-refractivity contribution in [2.75, 3.05) is 45.8 Å². The minimum atomic E-state index is -0.969. The van der Waals surface area contributed by atoms with Crippen molar-refractivity contribution in [2.24, 2.45) is 0 Å². The van der Waals surface area contributed by atoms with E-state index in [0.29, 0.717) is 26.2 Å². The van der Waals surface area contributed by atoms with Gasteiger partial charge < -0.3 is 20.6 Å². The van der Waals surface area contributed by atoms with Crippen molar-refractivity contribution in [3.8, 4) is 0 Å². The predicted molar refractivity (Wildman–Crippen MR) is 103 cm³/mol. The maximum Gasteiger partial charge on any atom is 0.317 e. The Bertz CT molecular complexity index is 532. The fourth-order valence-electron chi connectivity index (χ4n) is 3.55. The lowest BCUT2D eigenvalue weighted by molar-refractivity contribution is -0.142. The van der Waals surface area contributed by atoms with E-state index in [9.17, 15) is 29.7 Å². The molecule has 10 heteroatoms. The Kier molecular flexibility index (Phi) is 9.80. The quantitative estimate of drug-likeness (QED) is 0.452. The number of hydrogen-bond donors (Lipinski definition) is 4. The van der Waals surface area contributed by atoms with Gasteiger partial charge in [-0.2, -0.15) is 0 Å². The molecule has 1 heterocycles. The third-order valence-corrected chi connectivity index (χ3v) is 5.15. The van der Waals surface area contributed by atoms with Crippen LogP contribution in [0.4, 0.5) is 0 Å². The SMILES string of the molecule is C[C@@H]1CN(CC(=O)O)[C@@H](C)CN(CC(=O)O)[C@H](C)CN(CC(=O)O)[C@H](C)CN1. The summed E-state index contributed by atoms with van der Waals surface area (Å²) in [6.07, 6.45) is 0. The van der Waals surface area contributed by atoms with E-state index in [1.54, 1.807) is 4.90 Å². The van der Waals surface area contributed by atoms with Gasteiger partial charge in [0, 0.05) is 50.3 Å². The first-order chi connectivity index (χ1) is 13.0. The fraction of sp³-hybridized carbons (Fsp3) is 0.833. The highest BCUT2D eigenvalue weighted by atomic mass is 16.4. The van der Waals surface area contributed by atoms with Crippen LogP contribution in [0.1, 0.15) is 27.7 Å². The summed E-state index contributed by atoms with van der Waals surface area (Å²) in [6, 6.07) is -0.450. The largest absolute Gasteiger partial charge is 0.480 e. The van der Waals surface area contributed by atoms with E-state index in [4.69, 9.17) is 0 Å². The maximum atomic E-state index is 11.4. The summed E-state index contributed by atoms with van der Waals surface area (Å²) in [7, 11) is 0. The zero-order valence-corrected chi connectivity index (χ0v) is 17.2. The molecule has 0 aliphatic carbocycles. The molecule has 10 nitrogen and oxygen atoms in total. The third-order valence-electron chi connectivity index (χ3n) is 5.15. The Morgan fingerprint density at radius 2 is 1.07 bits per heavy atom. The van der Waals surface area contributed by atoms with Crippen LogP contribution in [0.25, 0.3) is 0 Å². The summed E-state index contributed by atoms with van der Waals surface area (Å²) in [6.45, 7) is 9.05. The van der Waals surface area contributed by atoms with E-state index >= 15 is 0 Å². The topological polar surface area (TPSA) is 134 Å². The summed E-state index contributed by atoms with van der Waals surface area (Å²) in [5, 5.41) is 31.2. The van der Waals surface area contributed by atoms with Gasteiger partial charge in [0.25, 0.3) is 0 Å². The lowest BCUT2D eigenvalue weighted by Gasteiger charge is -2.40. The number of carboxylic acid groups (broad SMARTS) is 3. The summed E-state index contributed by atoms with van der Waals surface area (Å²) < 4.78 is 0. The average molecular weight is 402 g/mol. The van der Waals surface area contributed by atoms with E-state index in [-0.39, 0.29) is 43.8 Å². The van der Waals surface area contributed by atoms with Gasteiger partial charge in [0.15, 0.2) is 0 Å². The molecule has 1 saturated heterocycles. The lowest BCUT2D eigenvalue weighted by atomic mass is 10.1. The van der Waals surface area contributed by atoms with Crippen molar-refractivity contribution in [3.63, 3.8) is 0 Å². The van der Waals surface area contributed by atoms with Crippen LogP contribution in [0.2, 0.25) is 0 Å². The molecule has 0 aromatic heterocycles. The molecular formula is C18H34N4O6. The number of aliphatic carboxylic acids is 3. The smallest absolute Gasteiger partial charge is 0.317 e. The molecular weight excluding hydrogens is 368 g/mol. The fourth-order valence-corrected chi connectivity index (χ4v) is 3.55. The van der Waals surface area contributed by atoms with Crippen LogP contribution in [-0.4, -0.2) is 118 Å². The summed E-state index contributed by atoms with van der Waals surface area (Å²) in [5.74, 6) is -2.82. The van der Waals surface area contributed by atoms with Crippen LogP contribution in [0, 0.1) is 0 Å². The molecule has 1 rings (SSSR count). The van der Waals surface area contributed by atoms with Crippen molar-refractivity contribution in [2.45, 2.75) is 51.9 Å². The molecule has 0 aromatic rings. The van der Waals surface area contributed by atoms with Gasteiger partial charge in [-0.15, -0.1) is 0 Å². The second kappa shape index (κ2) is 11.3. The van der Waals surface area contributed by atoms with Gasteiger partial charge in [-0.05, 0) is 27.7 Å². The second-order valence-electron chi connectivity index (χ2n) is 7.83. The van der Waals surface area contributed by atoms with Gasteiger partial charge in [-0.1, -0.05) is 0 Å². The van der Waals surface area contributed by atoms with Crippen LogP contribution < -0.4 is 5.32 Å². The van der Waals surface area contributed by atoms with Crippen molar-refractivity contribution in [1.82, 2.24) is 20.0 Å². The standard InChI is InChI=1S/C18H34N4O6/c1-12-6-20(9-16(23)24)14(3)8-22(11-18(27)28)15(4)7-21(10-17(25)26)13(2)5-19-12/h12-15,19H,5-11H2,1-4H3,(H,23,24)(H,25,26)(H,27,28)/t12-,13-,14+,15-/m1/s1. The Morgan fingerprint density at radius 3 is 1.46 bits per heavy atom. The summed E-state index contributed by atoms with van der Waals surface area (Å²) in [4.78, 5) is 39.4. The first kappa shape index (κ1) is 24.3. The summed E-state index contributed by atoms with van der Waals surface area (Å²) >= 11 is 0. The molecule has 0 aromatic carbocycles. The van der Waals surface area contributed by atoms with Crippen molar-refractivity contribution >= 4 is 17.9 Å².